The third-order valence-electron chi connectivity index (χ3n) is 3.99. The molecule has 2 aromatic carbocycles. The predicted molar refractivity (Wildman–Crippen MR) is 109 cm³/mol. The van der Waals surface area contributed by atoms with Crippen molar-refractivity contribution in [2.45, 2.75) is 10.8 Å². The molecule has 0 radical (unpaired) electrons. The number of thiazole rings is 1. The lowest BCUT2D eigenvalue weighted by Crippen LogP contribution is -2.27. The molecule has 1 aliphatic heterocycles. The summed E-state index contributed by atoms with van der Waals surface area (Å²) in [6.45, 7) is 1.57. The van der Waals surface area contributed by atoms with Gasteiger partial charge in [-0.1, -0.05) is 35.5 Å². The molecule has 0 atom stereocenters. The Bertz CT molecular complexity index is 944. The van der Waals surface area contributed by atoms with Gasteiger partial charge in [-0.25, -0.2) is 4.98 Å². The molecule has 5 nitrogen and oxygen atoms in total. The molecule has 1 aromatic heterocycles. The van der Waals surface area contributed by atoms with Crippen molar-refractivity contribution in [1.29, 1.82) is 0 Å². The summed E-state index contributed by atoms with van der Waals surface area (Å²) in [6.07, 6.45) is 0.675. The van der Waals surface area contributed by atoms with Crippen LogP contribution in [0.4, 0.5) is 0 Å². The molecule has 0 spiro atoms. The lowest BCUT2D eigenvalue weighted by Gasteiger charge is -2.20. The first-order valence-electron chi connectivity index (χ1n) is 8.52. The number of rotatable bonds is 6. The number of para-hydroxylation sites is 1. The van der Waals surface area contributed by atoms with E-state index in [-0.39, 0.29) is 5.91 Å². The van der Waals surface area contributed by atoms with E-state index in [1.165, 1.54) is 11.8 Å². The number of fused-ring (bicyclic) bond motifs is 2. The number of hydrogen-bond acceptors (Lipinski definition) is 6. The maximum absolute atomic E-state index is 12.1. The average molecular weight is 421 g/mol. The maximum atomic E-state index is 12.1. The Hall–Kier alpha value is -1.96. The van der Waals surface area contributed by atoms with Gasteiger partial charge in [0.25, 0.3) is 0 Å². The lowest BCUT2D eigenvalue weighted by atomic mass is 10.1. The summed E-state index contributed by atoms with van der Waals surface area (Å²) in [7, 11) is 0. The second-order valence-electron chi connectivity index (χ2n) is 5.94. The van der Waals surface area contributed by atoms with Crippen LogP contribution in [-0.4, -0.2) is 36.4 Å². The van der Waals surface area contributed by atoms with Gasteiger partial charge < -0.3 is 14.8 Å². The van der Waals surface area contributed by atoms with Gasteiger partial charge in [0.1, 0.15) is 13.2 Å². The maximum Gasteiger partial charge on any atom is 0.230 e. The van der Waals surface area contributed by atoms with Gasteiger partial charge in [0, 0.05) is 6.54 Å². The number of nitrogens with one attached hydrogen (secondary N) is 1. The Morgan fingerprint density at radius 2 is 2.11 bits per heavy atom. The van der Waals surface area contributed by atoms with Crippen LogP contribution in [0.25, 0.3) is 10.2 Å². The second kappa shape index (κ2) is 8.37. The van der Waals surface area contributed by atoms with Crippen LogP contribution >= 0.6 is 34.7 Å². The number of carbonyl (C=O) groups is 1. The highest BCUT2D eigenvalue weighted by molar-refractivity contribution is 8.01. The highest BCUT2D eigenvalue weighted by Gasteiger charge is 2.16. The number of amides is 1. The van der Waals surface area contributed by atoms with Crippen LogP contribution in [0.3, 0.4) is 0 Å². The standard InChI is InChI=1S/C19H17ClN2O3S2/c20-13-9-12(10-15-18(13)25-8-7-24-15)5-6-21-17(23)11-26-19-22-14-3-1-2-4-16(14)27-19/h1-4,9-10H,5-8,11H2,(H,21,23). The normalized spacial score (nSPS) is 12.9. The van der Waals surface area contributed by atoms with E-state index in [0.29, 0.717) is 48.5 Å². The summed E-state index contributed by atoms with van der Waals surface area (Å²) in [6, 6.07) is 11.8. The third-order valence-corrected chi connectivity index (χ3v) is 6.45. The number of ether oxygens (including phenoxy) is 2. The molecule has 1 aliphatic rings. The van der Waals surface area contributed by atoms with Crippen LogP contribution < -0.4 is 14.8 Å². The fourth-order valence-corrected chi connectivity index (χ4v) is 4.93. The Morgan fingerprint density at radius 3 is 3.00 bits per heavy atom. The fraction of sp³-hybridized carbons (Fsp3) is 0.263. The molecular weight excluding hydrogens is 404 g/mol. The Labute approximate surface area is 170 Å². The quantitative estimate of drug-likeness (QED) is 0.606. The molecule has 4 rings (SSSR count). The lowest BCUT2D eigenvalue weighted by molar-refractivity contribution is -0.118. The molecule has 0 fully saturated rings. The van der Waals surface area contributed by atoms with Gasteiger partial charge in [-0.3, -0.25) is 4.79 Å². The molecule has 0 saturated carbocycles. The summed E-state index contributed by atoms with van der Waals surface area (Å²) >= 11 is 9.30. The van der Waals surface area contributed by atoms with Gasteiger partial charge >= 0.3 is 0 Å². The van der Waals surface area contributed by atoms with Crippen molar-refractivity contribution in [1.82, 2.24) is 10.3 Å². The van der Waals surface area contributed by atoms with E-state index < -0.39 is 0 Å². The van der Waals surface area contributed by atoms with Crippen LogP contribution in [0.1, 0.15) is 5.56 Å². The SMILES string of the molecule is O=C(CSc1nc2ccccc2s1)NCCc1cc(Cl)c2c(c1)OCCO2. The molecule has 27 heavy (non-hydrogen) atoms. The minimum absolute atomic E-state index is 0.0112. The molecule has 1 amide bonds. The van der Waals surface area contributed by atoms with Crippen molar-refractivity contribution in [3.8, 4) is 11.5 Å². The molecule has 140 valence electrons. The van der Waals surface area contributed by atoms with E-state index in [1.54, 1.807) is 11.3 Å². The summed E-state index contributed by atoms with van der Waals surface area (Å²) in [5, 5.41) is 3.48. The van der Waals surface area contributed by atoms with Gasteiger partial charge in [0.05, 0.1) is 21.0 Å². The first-order valence-corrected chi connectivity index (χ1v) is 10.7. The summed E-state index contributed by atoms with van der Waals surface area (Å²) in [5.41, 5.74) is 1.98. The van der Waals surface area contributed by atoms with E-state index in [9.17, 15) is 4.79 Å². The third kappa shape index (κ3) is 4.48. The molecule has 0 aliphatic carbocycles. The van der Waals surface area contributed by atoms with E-state index in [2.05, 4.69) is 10.3 Å². The minimum atomic E-state index is -0.0112. The highest BCUT2D eigenvalue weighted by atomic mass is 35.5. The molecule has 8 heteroatoms. The zero-order chi connectivity index (χ0) is 18.6. The Morgan fingerprint density at radius 1 is 1.26 bits per heavy atom. The zero-order valence-corrected chi connectivity index (χ0v) is 16.8. The number of halogens is 1. The van der Waals surface area contributed by atoms with E-state index in [1.807, 2.05) is 36.4 Å². The Balaban J connectivity index is 1.26. The highest BCUT2D eigenvalue weighted by Crippen LogP contribution is 2.38. The second-order valence-corrected chi connectivity index (χ2v) is 8.60. The predicted octanol–water partition coefficient (Wildman–Crippen LogP) is 4.17. The van der Waals surface area contributed by atoms with Crippen molar-refractivity contribution >= 4 is 50.8 Å². The monoisotopic (exact) mass is 420 g/mol. The molecule has 2 heterocycles. The van der Waals surface area contributed by atoms with Crippen molar-refractivity contribution < 1.29 is 14.3 Å². The van der Waals surface area contributed by atoms with E-state index in [4.69, 9.17) is 21.1 Å². The van der Waals surface area contributed by atoms with Gasteiger partial charge in [-0.05, 0) is 36.2 Å². The summed E-state index contributed by atoms with van der Waals surface area (Å²) in [5.74, 6) is 1.61. The number of benzene rings is 2. The number of nitrogens with zero attached hydrogens (tertiary/aromatic N) is 1. The zero-order valence-electron chi connectivity index (χ0n) is 14.4. The Kier molecular flexibility index (Phi) is 5.71. The fourth-order valence-electron chi connectivity index (χ4n) is 2.75. The van der Waals surface area contributed by atoms with Gasteiger partial charge in [0.15, 0.2) is 15.8 Å². The van der Waals surface area contributed by atoms with Crippen LogP contribution in [0.5, 0.6) is 11.5 Å². The van der Waals surface area contributed by atoms with E-state index in [0.717, 1.165) is 20.1 Å². The van der Waals surface area contributed by atoms with E-state index >= 15 is 0 Å². The molecule has 3 aromatic rings. The molecule has 1 N–H and O–H groups in total. The topological polar surface area (TPSA) is 60.5 Å². The molecule has 0 unspecified atom stereocenters. The van der Waals surface area contributed by atoms with Crippen LogP contribution in [0.2, 0.25) is 5.02 Å². The average Bonchev–Trinajstić information content (AvgIpc) is 3.09. The van der Waals surface area contributed by atoms with Crippen molar-refractivity contribution in [2.24, 2.45) is 0 Å². The largest absolute Gasteiger partial charge is 0.486 e. The van der Waals surface area contributed by atoms with Gasteiger partial charge in [-0.2, -0.15) is 0 Å². The summed E-state index contributed by atoms with van der Waals surface area (Å²) < 4.78 is 13.1. The smallest absolute Gasteiger partial charge is 0.230 e. The first-order chi connectivity index (χ1) is 13.2. The van der Waals surface area contributed by atoms with Crippen molar-refractivity contribution in [2.75, 3.05) is 25.5 Å². The number of carbonyl (C=O) groups excluding carboxylic acids is 1. The van der Waals surface area contributed by atoms with Crippen LogP contribution in [0, 0.1) is 0 Å². The van der Waals surface area contributed by atoms with Crippen LogP contribution in [0.15, 0.2) is 40.7 Å². The van der Waals surface area contributed by atoms with Gasteiger partial charge in [0.2, 0.25) is 5.91 Å². The van der Waals surface area contributed by atoms with Crippen molar-refractivity contribution in [3.05, 3.63) is 47.0 Å². The number of thioether (sulfide) groups is 1. The number of aromatic nitrogens is 1. The first kappa shape index (κ1) is 18.4. The minimum Gasteiger partial charge on any atom is -0.486 e. The molecule has 0 saturated heterocycles. The molecular formula is C19H17ClN2O3S2. The summed E-state index contributed by atoms with van der Waals surface area (Å²) in [4.78, 5) is 16.6. The number of hydrogen-bond donors (Lipinski definition) is 1. The van der Waals surface area contributed by atoms with Crippen molar-refractivity contribution in [3.63, 3.8) is 0 Å². The molecule has 0 bridgehead atoms. The van der Waals surface area contributed by atoms with Gasteiger partial charge in [-0.15, -0.1) is 11.3 Å². The van der Waals surface area contributed by atoms with Crippen LogP contribution in [-0.2, 0) is 11.2 Å².